The van der Waals surface area contributed by atoms with E-state index in [1.54, 1.807) is 13.8 Å². The molecule has 0 bridgehead atoms. The lowest BCUT2D eigenvalue weighted by Gasteiger charge is -2.11. The Balaban J connectivity index is 1.71. The van der Waals surface area contributed by atoms with Crippen LogP contribution in [0.5, 0.6) is 0 Å². The van der Waals surface area contributed by atoms with E-state index >= 15 is 0 Å². The minimum atomic E-state index is -3.76. The molecular formula is C17H17N3O5S2. The Morgan fingerprint density at radius 1 is 1.30 bits per heavy atom. The number of carbonyl (C=O) groups is 1. The predicted octanol–water partition coefficient (Wildman–Crippen LogP) is 2.84. The molecule has 3 aromatic rings. The van der Waals surface area contributed by atoms with Crippen LogP contribution in [0.1, 0.15) is 40.0 Å². The molecule has 27 heavy (non-hydrogen) atoms. The molecule has 2 aromatic heterocycles. The standard InChI is InChI=1S/C17H17N3O5S2/c1-11(16-20-19-12(2)25-16)24-17(21)13-5-3-7-15(9-13)27(22,23)18-10-14-6-4-8-26-14/h3-9,11,18H,10H2,1-2H3. The molecule has 0 saturated heterocycles. The van der Waals surface area contributed by atoms with Crippen molar-refractivity contribution in [2.45, 2.75) is 31.4 Å². The number of rotatable bonds is 7. The SMILES string of the molecule is Cc1nnc(C(C)OC(=O)c2cccc(S(=O)(=O)NCc3cccs3)c2)o1. The highest BCUT2D eigenvalue weighted by Gasteiger charge is 2.21. The van der Waals surface area contributed by atoms with Gasteiger partial charge in [0.2, 0.25) is 15.9 Å². The molecule has 0 amide bonds. The zero-order valence-electron chi connectivity index (χ0n) is 14.6. The molecule has 0 radical (unpaired) electrons. The summed E-state index contributed by atoms with van der Waals surface area (Å²) in [6.45, 7) is 3.40. The minimum Gasteiger partial charge on any atom is -0.449 e. The third-order valence-electron chi connectivity index (χ3n) is 3.57. The monoisotopic (exact) mass is 407 g/mol. The maximum Gasteiger partial charge on any atom is 0.338 e. The number of esters is 1. The largest absolute Gasteiger partial charge is 0.449 e. The number of sulfonamides is 1. The molecule has 0 spiro atoms. The van der Waals surface area contributed by atoms with E-state index in [2.05, 4.69) is 14.9 Å². The van der Waals surface area contributed by atoms with Gasteiger partial charge in [0, 0.05) is 18.3 Å². The third-order valence-corrected chi connectivity index (χ3v) is 5.85. The number of nitrogens with one attached hydrogen (secondary N) is 1. The van der Waals surface area contributed by atoms with E-state index in [4.69, 9.17) is 9.15 Å². The number of aryl methyl sites for hydroxylation is 1. The Morgan fingerprint density at radius 3 is 2.78 bits per heavy atom. The van der Waals surface area contributed by atoms with Gasteiger partial charge in [0.1, 0.15) is 0 Å². The van der Waals surface area contributed by atoms with E-state index in [0.717, 1.165) is 4.88 Å². The first-order valence-corrected chi connectivity index (χ1v) is 10.3. The Kier molecular flexibility index (Phi) is 5.68. The number of hydrogen-bond donors (Lipinski definition) is 1. The second-order valence-corrected chi connectivity index (χ2v) is 8.44. The van der Waals surface area contributed by atoms with Gasteiger partial charge in [-0.2, -0.15) is 0 Å². The molecule has 10 heteroatoms. The lowest BCUT2D eigenvalue weighted by molar-refractivity contribution is 0.0276. The van der Waals surface area contributed by atoms with Gasteiger partial charge < -0.3 is 9.15 Å². The van der Waals surface area contributed by atoms with Crippen LogP contribution in [0, 0.1) is 6.92 Å². The summed E-state index contributed by atoms with van der Waals surface area (Å²) in [5.41, 5.74) is 0.108. The van der Waals surface area contributed by atoms with Crippen LogP contribution in [0.3, 0.4) is 0 Å². The van der Waals surface area contributed by atoms with Crippen LogP contribution in [-0.2, 0) is 21.3 Å². The number of benzene rings is 1. The van der Waals surface area contributed by atoms with Crippen molar-refractivity contribution in [2.75, 3.05) is 0 Å². The lowest BCUT2D eigenvalue weighted by Crippen LogP contribution is -2.23. The minimum absolute atomic E-state index is 0.0187. The molecule has 0 aliphatic heterocycles. The fourth-order valence-corrected chi connectivity index (χ4v) is 4.00. The van der Waals surface area contributed by atoms with E-state index in [9.17, 15) is 13.2 Å². The quantitative estimate of drug-likeness (QED) is 0.599. The Hall–Kier alpha value is -2.56. The number of carbonyl (C=O) groups excluding carboxylic acids is 1. The predicted molar refractivity (Wildman–Crippen MR) is 97.7 cm³/mol. The van der Waals surface area contributed by atoms with Crippen molar-refractivity contribution in [3.05, 3.63) is 64.0 Å². The summed E-state index contributed by atoms with van der Waals surface area (Å²) in [6.07, 6.45) is -0.754. The number of nitrogens with zero attached hydrogens (tertiary/aromatic N) is 2. The van der Waals surface area contributed by atoms with Gasteiger partial charge in [0.05, 0.1) is 10.5 Å². The average molecular weight is 407 g/mol. The molecule has 3 rings (SSSR count). The summed E-state index contributed by atoms with van der Waals surface area (Å²) in [7, 11) is -3.76. The normalized spacial score (nSPS) is 12.7. The number of aromatic nitrogens is 2. The number of thiophene rings is 1. The molecular weight excluding hydrogens is 390 g/mol. The maximum atomic E-state index is 12.5. The highest BCUT2D eigenvalue weighted by Crippen LogP contribution is 2.19. The molecule has 0 aliphatic carbocycles. The van der Waals surface area contributed by atoms with Gasteiger partial charge in [-0.25, -0.2) is 17.9 Å². The summed E-state index contributed by atoms with van der Waals surface area (Å²) >= 11 is 1.45. The van der Waals surface area contributed by atoms with E-state index in [1.807, 2.05) is 17.5 Å². The summed E-state index contributed by atoms with van der Waals surface area (Å²) in [6, 6.07) is 9.33. The average Bonchev–Trinajstić information content (AvgIpc) is 3.32. The molecule has 1 atom stereocenters. The zero-order chi connectivity index (χ0) is 19.4. The van der Waals surface area contributed by atoms with Gasteiger partial charge in [-0.1, -0.05) is 12.1 Å². The van der Waals surface area contributed by atoms with Crippen molar-refractivity contribution in [3.63, 3.8) is 0 Å². The second-order valence-electron chi connectivity index (χ2n) is 5.64. The van der Waals surface area contributed by atoms with Gasteiger partial charge >= 0.3 is 5.97 Å². The van der Waals surface area contributed by atoms with Crippen molar-refractivity contribution in [1.29, 1.82) is 0 Å². The topological polar surface area (TPSA) is 111 Å². The molecule has 142 valence electrons. The number of ether oxygens (including phenoxy) is 1. The van der Waals surface area contributed by atoms with Crippen molar-refractivity contribution >= 4 is 27.3 Å². The van der Waals surface area contributed by atoms with Crippen molar-refractivity contribution in [2.24, 2.45) is 0 Å². The zero-order valence-corrected chi connectivity index (χ0v) is 16.2. The van der Waals surface area contributed by atoms with Gasteiger partial charge in [0.15, 0.2) is 6.10 Å². The summed E-state index contributed by atoms with van der Waals surface area (Å²) in [5.74, 6) is -0.159. The second kappa shape index (κ2) is 7.99. The Bertz CT molecular complexity index is 1030. The fraction of sp³-hybridized carbons (Fsp3) is 0.235. The van der Waals surface area contributed by atoms with Gasteiger partial charge in [0.25, 0.3) is 5.89 Å². The van der Waals surface area contributed by atoms with Crippen LogP contribution in [-0.4, -0.2) is 24.6 Å². The molecule has 8 nitrogen and oxygen atoms in total. The van der Waals surface area contributed by atoms with E-state index < -0.39 is 22.1 Å². The smallest absolute Gasteiger partial charge is 0.338 e. The van der Waals surface area contributed by atoms with E-state index in [0.29, 0.717) is 5.89 Å². The van der Waals surface area contributed by atoms with Crippen LogP contribution in [0.2, 0.25) is 0 Å². The summed E-state index contributed by atoms with van der Waals surface area (Å²) in [5, 5.41) is 9.35. The summed E-state index contributed by atoms with van der Waals surface area (Å²) in [4.78, 5) is 13.2. The van der Waals surface area contributed by atoms with Crippen molar-refractivity contribution < 1.29 is 22.4 Å². The molecule has 1 N–H and O–H groups in total. The molecule has 0 saturated carbocycles. The van der Waals surface area contributed by atoms with Gasteiger partial charge in [-0.3, -0.25) is 0 Å². The maximum absolute atomic E-state index is 12.5. The van der Waals surface area contributed by atoms with Crippen LogP contribution in [0.4, 0.5) is 0 Å². The first-order valence-electron chi connectivity index (χ1n) is 7.98. The van der Waals surface area contributed by atoms with Gasteiger partial charge in [-0.05, 0) is 36.6 Å². The molecule has 0 aliphatic rings. The lowest BCUT2D eigenvalue weighted by atomic mass is 10.2. The molecule has 1 aromatic carbocycles. The van der Waals surface area contributed by atoms with E-state index in [1.165, 1.54) is 35.6 Å². The third kappa shape index (κ3) is 4.79. The number of hydrogen-bond acceptors (Lipinski definition) is 8. The summed E-state index contributed by atoms with van der Waals surface area (Å²) < 4.78 is 37.9. The first-order chi connectivity index (χ1) is 12.8. The Morgan fingerprint density at radius 2 is 2.11 bits per heavy atom. The highest BCUT2D eigenvalue weighted by molar-refractivity contribution is 7.89. The molecule has 0 fully saturated rings. The Labute approximate surface area is 160 Å². The van der Waals surface area contributed by atoms with Crippen LogP contribution in [0.15, 0.2) is 51.1 Å². The van der Waals surface area contributed by atoms with E-state index in [-0.39, 0.29) is 22.9 Å². The van der Waals surface area contributed by atoms with Crippen LogP contribution >= 0.6 is 11.3 Å². The molecule has 2 heterocycles. The van der Waals surface area contributed by atoms with Gasteiger partial charge in [-0.15, -0.1) is 21.5 Å². The highest BCUT2D eigenvalue weighted by atomic mass is 32.2. The molecule has 1 unspecified atom stereocenters. The van der Waals surface area contributed by atoms with Crippen molar-refractivity contribution in [1.82, 2.24) is 14.9 Å². The van der Waals surface area contributed by atoms with Crippen LogP contribution < -0.4 is 4.72 Å². The first kappa shape index (κ1) is 19.2. The van der Waals surface area contributed by atoms with Crippen molar-refractivity contribution in [3.8, 4) is 0 Å². The van der Waals surface area contributed by atoms with Crippen LogP contribution in [0.25, 0.3) is 0 Å². The fourth-order valence-electron chi connectivity index (χ4n) is 2.21.